The lowest BCUT2D eigenvalue weighted by molar-refractivity contribution is 0.556. The van der Waals surface area contributed by atoms with Gasteiger partial charge < -0.3 is 5.32 Å². The minimum absolute atomic E-state index is 0.853. The Morgan fingerprint density at radius 1 is 1.15 bits per heavy atom. The van der Waals surface area contributed by atoms with Crippen LogP contribution in [0.3, 0.4) is 0 Å². The molecule has 3 aromatic rings. The van der Waals surface area contributed by atoms with Crippen LogP contribution >= 0.6 is 11.3 Å². The molecular formula is C15H16N4S. The molecule has 2 heterocycles. The fraction of sp³-hybridized carbons (Fsp3) is 0.200. The van der Waals surface area contributed by atoms with E-state index in [-0.39, 0.29) is 0 Å². The molecule has 20 heavy (non-hydrogen) atoms. The average Bonchev–Trinajstić information content (AvgIpc) is 3.16. The van der Waals surface area contributed by atoms with Gasteiger partial charge in [0, 0.05) is 42.1 Å². The van der Waals surface area contributed by atoms with Crippen molar-refractivity contribution in [2.45, 2.75) is 13.1 Å². The summed E-state index contributed by atoms with van der Waals surface area (Å²) in [6, 6.07) is 12.2. The highest BCUT2D eigenvalue weighted by Crippen LogP contribution is 2.24. The topological polar surface area (TPSA) is 42.7 Å². The Labute approximate surface area is 122 Å². The van der Waals surface area contributed by atoms with E-state index in [1.165, 1.54) is 10.4 Å². The second kappa shape index (κ2) is 6.45. The zero-order valence-corrected chi connectivity index (χ0v) is 11.9. The van der Waals surface area contributed by atoms with E-state index in [9.17, 15) is 0 Å². The predicted molar refractivity (Wildman–Crippen MR) is 81.5 cm³/mol. The van der Waals surface area contributed by atoms with Crippen molar-refractivity contribution in [1.29, 1.82) is 0 Å². The summed E-state index contributed by atoms with van der Waals surface area (Å²) in [7, 11) is 0. The molecule has 5 heteroatoms. The maximum atomic E-state index is 4.48. The number of nitrogens with one attached hydrogen (secondary N) is 1. The third-order valence-corrected chi connectivity index (χ3v) is 4.00. The van der Waals surface area contributed by atoms with E-state index >= 15 is 0 Å². The summed E-state index contributed by atoms with van der Waals surface area (Å²) in [6.45, 7) is 2.64. The molecule has 0 bridgehead atoms. The van der Waals surface area contributed by atoms with Crippen molar-refractivity contribution in [2.24, 2.45) is 0 Å². The van der Waals surface area contributed by atoms with Crippen LogP contribution in [0, 0.1) is 0 Å². The van der Waals surface area contributed by atoms with Gasteiger partial charge in [-0.2, -0.15) is 5.10 Å². The molecule has 4 nitrogen and oxygen atoms in total. The van der Waals surface area contributed by atoms with Crippen LogP contribution in [0.5, 0.6) is 0 Å². The first-order valence-electron chi connectivity index (χ1n) is 6.60. The van der Waals surface area contributed by atoms with Gasteiger partial charge in [0.1, 0.15) is 5.01 Å². The summed E-state index contributed by atoms with van der Waals surface area (Å²) in [4.78, 5) is 5.73. The quantitative estimate of drug-likeness (QED) is 0.708. The molecule has 0 aliphatic rings. The number of aromatic nitrogens is 3. The van der Waals surface area contributed by atoms with E-state index in [1.807, 2.05) is 41.3 Å². The zero-order valence-electron chi connectivity index (χ0n) is 11.1. The maximum absolute atomic E-state index is 4.48. The molecule has 0 radical (unpaired) electrons. The lowest BCUT2D eigenvalue weighted by atomic mass is 10.2. The minimum atomic E-state index is 0.853. The first kappa shape index (κ1) is 13.0. The third-order valence-electron chi connectivity index (χ3n) is 2.95. The van der Waals surface area contributed by atoms with E-state index in [2.05, 4.69) is 27.5 Å². The van der Waals surface area contributed by atoms with E-state index < -0.39 is 0 Å². The molecule has 0 spiro atoms. The molecule has 0 amide bonds. The van der Waals surface area contributed by atoms with Crippen molar-refractivity contribution in [3.05, 3.63) is 59.9 Å². The van der Waals surface area contributed by atoms with Crippen LogP contribution in [-0.2, 0) is 13.1 Å². The number of hydrogen-bond acceptors (Lipinski definition) is 4. The van der Waals surface area contributed by atoms with Gasteiger partial charge in [0.05, 0.1) is 6.54 Å². The molecule has 0 unspecified atom stereocenters. The Bertz CT molecular complexity index is 631. The molecular weight excluding hydrogens is 268 g/mol. The first-order chi connectivity index (χ1) is 9.92. The highest BCUT2D eigenvalue weighted by molar-refractivity contribution is 7.15. The molecule has 0 aliphatic carbocycles. The number of nitrogens with zero attached hydrogens (tertiary/aromatic N) is 3. The number of hydrogen-bond donors (Lipinski definition) is 1. The van der Waals surface area contributed by atoms with Crippen molar-refractivity contribution in [3.63, 3.8) is 0 Å². The lowest BCUT2D eigenvalue weighted by Crippen LogP contribution is -2.19. The fourth-order valence-electron chi connectivity index (χ4n) is 1.94. The molecule has 0 atom stereocenters. The number of rotatable bonds is 6. The van der Waals surface area contributed by atoms with E-state index in [0.29, 0.717) is 0 Å². The van der Waals surface area contributed by atoms with Gasteiger partial charge in [0.25, 0.3) is 0 Å². The van der Waals surface area contributed by atoms with Crippen molar-refractivity contribution < 1.29 is 0 Å². The molecule has 0 aliphatic heterocycles. The Morgan fingerprint density at radius 3 is 2.85 bits per heavy atom. The standard InChI is InChI=1S/C15H16N4S/c1-2-5-13(6-3-1)15-17-12-14(20-15)11-16-8-10-19-9-4-7-18-19/h1-7,9,12,16H,8,10-11H2. The summed E-state index contributed by atoms with van der Waals surface area (Å²) < 4.78 is 1.93. The van der Waals surface area contributed by atoms with E-state index in [4.69, 9.17) is 0 Å². The predicted octanol–water partition coefficient (Wildman–Crippen LogP) is 2.80. The number of benzene rings is 1. The average molecular weight is 284 g/mol. The van der Waals surface area contributed by atoms with Gasteiger partial charge >= 0.3 is 0 Å². The fourth-order valence-corrected chi connectivity index (χ4v) is 2.83. The normalized spacial score (nSPS) is 10.8. The van der Waals surface area contributed by atoms with Crippen LogP contribution in [0.15, 0.2) is 55.0 Å². The molecule has 102 valence electrons. The molecule has 0 fully saturated rings. The largest absolute Gasteiger partial charge is 0.310 e. The van der Waals surface area contributed by atoms with Gasteiger partial charge in [-0.3, -0.25) is 4.68 Å². The Hall–Kier alpha value is -1.98. The smallest absolute Gasteiger partial charge is 0.123 e. The summed E-state index contributed by atoms with van der Waals surface area (Å²) >= 11 is 1.74. The number of thiazole rings is 1. The van der Waals surface area contributed by atoms with Gasteiger partial charge in [-0.15, -0.1) is 11.3 Å². The Kier molecular flexibility index (Phi) is 4.20. The van der Waals surface area contributed by atoms with Crippen molar-refractivity contribution in [2.75, 3.05) is 6.54 Å². The summed E-state index contributed by atoms with van der Waals surface area (Å²) in [5.74, 6) is 0. The van der Waals surface area contributed by atoms with Gasteiger partial charge in [0.15, 0.2) is 0 Å². The molecule has 3 rings (SSSR count). The summed E-state index contributed by atoms with van der Waals surface area (Å²) in [5, 5.41) is 8.66. The van der Waals surface area contributed by atoms with Gasteiger partial charge in [0.2, 0.25) is 0 Å². The second-order valence-electron chi connectivity index (χ2n) is 4.44. The molecule has 1 aromatic carbocycles. The molecule has 1 N–H and O–H groups in total. The van der Waals surface area contributed by atoms with Crippen molar-refractivity contribution in [1.82, 2.24) is 20.1 Å². The van der Waals surface area contributed by atoms with Crippen LogP contribution < -0.4 is 5.32 Å². The van der Waals surface area contributed by atoms with E-state index in [1.54, 1.807) is 17.5 Å². The van der Waals surface area contributed by atoms with E-state index in [0.717, 1.165) is 24.6 Å². The van der Waals surface area contributed by atoms with Gasteiger partial charge in [-0.1, -0.05) is 30.3 Å². The maximum Gasteiger partial charge on any atom is 0.123 e. The zero-order chi connectivity index (χ0) is 13.6. The molecule has 2 aromatic heterocycles. The molecule has 0 saturated carbocycles. The SMILES string of the molecule is c1ccc(-c2ncc(CNCCn3cccn3)s2)cc1. The van der Waals surface area contributed by atoms with Crippen molar-refractivity contribution >= 4 is 11.3 Å². The summed E-state index contributed by atoms with van der Waals surface area (Å²) in [5.41, 5.74) is 1.18. The highest BCUT2D eigenvalue weighted by atomic mass is 32.1. The third kappa shape index (κ3) is 3.31. The van der Waals surface area contributed by atoms with Crippen LogP contribution in [0.1, 0.15) is 4.88 Å². The minimum Gasteiger partial charge on any atom is -0.310 e. The Balaban J connectivity index is 1.50. The van der Waals surface area contributed by atoms with Crippen LogP contribution in [-0.4, -0.2) is 21.3 Å². The second-order valence-corrected chi connectivity index (χ2v) is 5.56. The van der Waals surface area contributed by atoms with Crippen molar-refractivity contribution in [3.8, 4) is 10.6 Å². The van der Waals surface area contributed by atoms with Gasteiger partial charge in [-0.25, -0.2) is 4.98 Å². The van der Waals surface area contributed by atoms with Crippen LogP contribution in [0.25, 0.3) is 10.6 Å². The summed E-state index contributed by atoms with van der Waals surface area (Å²) in [6.07, 6.45) is 5.73. The van der Waals surface area contributed by atoms with Crippen LogP contribution in [0.2, 0.25) is 0 Å². The lowest BCUT2D eigenvalue weighted by Gasteiger charge is -2.02. The highest BCUT2D eigenvalue weighted by Gasteiger charge is 2.03. The van der Waals surface area contributed by atoms with Crippen LogP contribution in [0.4, 0.5) is 0 Å². The van der Waals surface area contributed by atoms with Gasteiger partial charge in [-0.05, 0) is 6.07 Å². The monoisotopic (exact) mass is 284 g/mol. The molecule has 0 saturated heterocycles. The first-order valence-corrected chi connectivity index (χ1v) is 7.42. The Morgan fingerprint density at radius 2 is 2.05 bits per heavy atom.